The SMILES string of the molecule is Cc1cccc(NC(=O)C(=O)Nc2ccc(O)cc2C)c1. The molecule has 2 amide bonds. The van der Waals surface area contributed by atoms with Crippen molar-refractivity contribution in [2.45, 2.75) is 13.8 Å². The van der Waals surface area contributed by atoms with E-state index >= 15 is 0 Å². The van der Waals surface area contributed by atoms with Gasteiger partial charge in [0.05, 0.1) is 0 Å². The minimum absolute atomic E-state index is 0.106. The highest BCUT2D eigenvalue weighted by atomic mass is 16.3. The summed E-state index contributed by atoms with van der Waals surface area (Å²) in [5, 5.41) is 14.4. The fraction of sp³-hybridized carbons (Fsp3) is 0.125. The van der Waals surface area contributed by atoms with E-state index in [2.05, 4.69) is 10.6 Å². The number of phenolic OH excluding ortho intramolecular Hbond substituents is 1. The number of nitrogens with one attached hydrogen (secondary N) is 2. The quantitative estimate of drug-likeness (QED) is 0.586. The van der Waals surface area contributed by atoms with E-state index in [4.69, 9.17) is 0 Å². The summed E-state index contributed by atoms with van der Waals surface area (Å²) in [5.41, 5.74) is 2.71. The normalized spacial score (nSPS) is 10.0. The molecule has 2 aromatic rings. The summed E-state index contributed by atoms with van der Waals surface area (Å²) in [7, 11) is 0. The summed E-state index contributed by atoms with van der Waals surface area (Å²) in [6.45, 7) is 3.63. The minimum atomic E-state index is -0.759. The first-order valence-corrected chi connectivity index (χ1v) is 6.44. The van der Waals surface area contributed by atoms with Crippen LogP contribution in [0.1, 0.15) is 11.1 Å². The average Bonchev–Trinajstić information content (AvgIpc) is 2.41. The average molecular weight is 284 g/mol. The van der Waals surface area contributed by atoms with Crippen molar-refractivity contribution in [3.63, 3.8) is 0 Å². The molecule has 0 fully saturated rings. The number of hydrogen-bond acceptors (Lipinski definition) is 3. The van der Waals surface area contributed by atoms with Crippen molar-refractivity contribution in [3.8, 4) is 5.75 Å². The number of aromatic hydroxyl groups is 1. The molecule has 5 nitrogen and oxygen atoms in total. The van der Waals surface area contributed by atoms with Gasteiger partial charge in [0, 0.05) is 11.4 Å². The summed E-state index contributed by atoms with van der Waals surface area (Å²) in [5.74, 6) is -1.40. The zero-order valence-corrected chi connectivity index (χ0v) is 11.8. The molecule has 5 heteroatoms. The van der Waals surface area contributed by atoms with Crippen LogP contribution < -0.4 is 10.6 Å². The molecule has 0 atom stereocenters. The van der Waals surface area contributed by atoms with Gasteiger partial charge in [-0.05, 0) is 55.3 Å². The predicted octanol–water partition coefficient (Wildman–Crippen LogP) is 2.59. The Morgan fingerprint density at radius 1 is 0.952 bits per heavy atom. The van der Waals surface area contributed by atoms with Crippen molar-refractivity contribution in [2.24, 2.45) is 0 Å². The predicted molar refractivity (Wildman–Crippen MR) is 81.3 cm³/mol. The molecule has 3 N–H and O–H groups in total. The number of amides is 2. The third-order valence-electron chi connectivity index (χ3n) is 2.94. The van der Waals surface area contributed by atoms with Crippen LogP contribution in [0.4, 0.5) is 11.4 Å². The third kappa shape index (κ3) is 3.82. The lowest BCUT2D eigenvalue weighted by Crippen LogP contribution is -2.29. The lowest BCUT2D eigenvalue weighted by Gasteiger charge is -2.09. The van der Waals surface area contributed by atoms with E-state index < -0.39 is 11.8 Å². The molecule has 0 aliphatic heterocycles. The zero-order valence-electron chi connectivity index (χ0n) is 11.8. The van der Waals surface area contributed by atoms with E-state index in [0.717, 1.165) is 5.56 Å². The van der Waals surface area contributed by atoms with Crippen molar-refractivity contribution in [1.29, 1.82) is 0 Å². The van der Waals surface area contributed by atoms with Gasteiger partial charge in [-0.1, -0.05) is 12.1 Å². The van der Waals surface area contributed by atoms with Gasteiger partial charge >= 0.3 is 11.8 Å². The highest BCUT2D eigenvalue weighted by Gasteiger charge is 2.15. The molecule has 21 heavy (non-hydrogen) atoms. The van der Waals surface area contributed by atoms with Crippen LogP contribution in [0.25, 0.3) is 0 Å². The third-order valence-corrected chi connectivity index (χ3v) is 2.94. The van der Waals surface area contributed by atoms with Crippen molar-refractivity contribution in [1.82, 2.24) is 0 Å². The Hall–Kier alpha value is -2.82. The van der Waals surface area contributed by atoms with Gasteiger partial charge in [0.1, 0.15) is 5.75 Å². The first-order chi connectivity index (χ1) is 9.95. The van der Waals surface area contributed by atoms with Crippen LogP contribution in [-0.2, 0) is 9.59 Å². The molecule has 2 rings (SSSR count). The van der Waals surface area contributed by atoms with Crippen LogP contribution in [-0.4, -0.2) is 16.9 Å². The monoisotopic (exact) mass is 284 g/mol. The summed E-state index contributed by atoms with van der Waals surface area (Å²) in [4.78, 5) is 23.7. The van der Waals surface area contributed by atoms with E-state index in [1.165, 1.54) is 12.1 Å². The molecule has 0 unspecified atom stereocenters. The smallest absolute Gasteiger partial charge is 0.314 e. The maximum Gasteiger partial charge on any atom is 0.314 e. The van der Waals surface area contributed by atoms with Gasteiger partial charge in [-0.3, -0.25) is 9.59 Å². The molecule has 0 radical (unpaired) electrons. The summed E-state index contributed by atoms with van der Waals surface area (Å²) in [6, 6.07) is 11.7. The Bertz CT molecular complexity index is 696. The largest absolute Gasteiger partial charge is 0.508 e. The number of aryl methyl sites for hydroxylation is 2. The molecule has 0 bridgehead atoms. The second-order valence-corrected chi connectivity index (χ2v) is 4.78. The molecule has 108 valence electrons. The van der Waals surface area contributed by atoms with Gasteiger partial charge in [0.2, 0.25) is 0 Å². The van der Waals surface area contributed by atoms with Crippen molar-refractivity contribution in [2.75, 3.05) is 10.6 Å². The maximum atomic E-state index is 11.9. The Morgan fingerprint density at radius 2 is 1.67 bits per heavy atom. The molecule has 0 saturated heterocycles. The summed E-state index contributed by atoms with van der Waals surface area (Å²) < 4.78 is 0. The maximum absolute atomic E-state index is 11.9. The van der Waals surface area contributed by atoms with E-state index in [1.54, 1.807) is 31.2 Å². The van der Waals surface area contributed by atoms with Crippen LogP contribution in [0.2, 0.25) is 0 Å². The molecule has 0 aliphatic rings. The number of phenols is 1. The Morgan fingerprint density at radius 3 is 2.33 bits per heavy atom. The van der Waals surface area contributed by atoms with Crippen LogP contribution in [0.5, 0.6) is 5.75 Å². The standard InChI is InChI=1S/C16H16N2O3/c1-10-4-3-5-12(8-10)17-15(20)16(21)18-14-7-6-13(19)9-11(14)2/h3-9,19H,1-2H3,(H,17,20)(H,18,21). The molecule has 0 aromatic heterocycles. The zero-order chi connectivity index (χ0) is 15.4. The molecular weight excluding hydrogens is 268 g/mol. The number of hydrogen-bond donors (Lipinski definition) is 3. The van der Waals surface area contributed by atoms with Gasteiger partial charge < -0.3 is 15.7 Å². The van der Waals surface area contributed by atoms with Crippen LogP contribution in [0.15, 0.2) is 42.5 Å². The molecule has 0 heterocycles. The van der Waals surface area contributed by atoms with Gasteiger partial charge in [-0.25, -0.2) is 0 Å². The molecule has 2 aromatic carbocycles. The van der Waals surface area contributed by atoms with Crippen LogP contribution in [0, 0.1) is 13.8 Å². The van der Waals surface area contributed by atoms with E-state index in [1.807, 2.05) is 13.0 Å². The number of carbonyl (C=O) groups excluding carboxylic acids is 2. The number of anilines is 2. The molecule has 0 saturated carbocycles. The van der Waals surface area contributed by atoms with Crippen molar-refractivity contribution in [3.05, 3.63) is 53.6 Å². The lowest BCUT2D eigenvalue weighted by molar-refractivity contribution is -0.133. The van der Waals surface area contributed by atoms with Crippen molar-refractivity contribution < 1.29 is 14.7 Å². The highest BCUT2D eigenvalue weighted by molar-refractivity contribution is 6.43. The van der Waals surface area contributed by atoms with Gasteiger partial charge in [-0.2, -0.15) is 0 Å². The van der Waals surface area contributed by atoms with Gasteiger partial charge in [0.15, 0.2) is 0 Å². The topological polar surface area (TPSA) is 78.4 Å². The number of rotatable bonds is 2. The fourth-order valence-electron chi connectivity index (χ4n) is 1.88. The van der Waals surface area contributed by atoms with Gasteiger partial charge in [-0.15, -0.1) is 0 Å². The molecule has 0 aliphatic carbocycles. The van der Waals surface area contributed by atoms with E-state index in [9.17, 15) is 14.7 Å². The Kier molecular flexibility index (Phi) is 4.23. The molecule has 0 spiro atoms. The second kappa shape index (κ2) is 6.09. The van der Waals surface area contributed by atoms with Crippen molar-refractivity contribution >= 4 is 23.2 Å². The first kappa shape index (κ1) is 14.6. The highest BCUT2D eigenvalue weighted by Crippen LogP contribution is 2.20. The summed E-state index contributed by atoms with van der Waals surface area (Å²) >= 11 is 0. The number of benzene rings is 2. The Balaban J connectivity index is 2.04. The first-order valence-electron chi connectivity index (χ1n) is 6.44. The van der Waals surface area contributed by atoms with Gasteiger partial charge in [0.25, 0.3) is 0 Å². The van der Waals surface area contributed by atoms with E-state index in [-0.39, 0.29) is 5.75 Å². The lowest BCUT2D eigenvalue weighted by atomic mass is 10.2. The Labute approximate surface area is 122 Å². The van der Waals surface area contributed by atoms with Crippen LogP contribution >= 0.6 is 0 Å². The second-order valence-electron chi connectivity index (χ2n) is 4.78. The number of carbonyl (C=O) groups is 2. The summed E-state index contributed by atoms with van der Waals surface area (Å²) in [6.07, 6.45) is 0. The minimum Gasteiger partial charge on any atom is -0.508 e. The van der Waals surface area contributed by atoms with Crippen LogP contribution in [0.3, 0.4) is 0 Å². The molecular formula is C16H16N2O3. The van der Waals surface area contributed by atoms with E-state index in [0.29, 0.717) is 16.9 Å². The fourth-order valence-corrected chi connectivity index (χ4v) is 1.88.